The first-order chi connectivity index (χ1) is 13.0. The average molecular weight is 381 g/mol. The van der Waals surface area contributed by atoms with E-state index in [1.807, 2.05) is 50.2 Å². The predicted molar refractivity (Wildman–Crippen MR) is 113 cm³/mol. The normalized spacial score (nSPS) is 15.3. The van der Waals surface area contributed by atoms with Crippen LogP contribution >= 0.6 is 11.3 Å². The summed E-state index contributed by atoms with van der Waals surface area (Å²) in [6, 6.07) is 11.7. The minimum Gasteiger partial charge on any atom is -0.345 e. The van der Waals surface area contributed by atoms with Gasteiger partial charge in [-0.15, -0.1) is 0 Å². The van der Waals surface area contributed by atoms with Gasteiger partial charge in [0.1, 0.15) is 0 Å². The molecule has 6 heteroatoms. The molecule has 0 unspecified atom stereocenters. The van der Waals surface area contributed by atoms with Gasteiger partial charge in [0.2, 0.25) is 0 Å². The Balaban J connectivity index is 1.52. The van der Waals surface area contributed by atoms with Crippen molar-refractivity contribution in [1.82, 2.24) is 9.88 Å². The van der Waals surface area contributed by atoms with E-state index in [1.165, 1.54) is 5.56 Å². The number of hydrogen-bond acceptors (Lipinski definition) is 5. The van der Waals surface area contributed by atoms with Crippen LogP contribution in [0.5, 0.6) is 0 Å². The fraction of sp³-hybridized carbons (Fsp3) is 0.333. The number of anilines is 2. The minimum absolute atomic E-state index is 0.0822. The molecule has 0 aliphatic carbocycles. The van der Waals surface area contributed by atoms with Crippen molar-refractivity contribution in [3.63, 3.8) is 0 Å². The van der Waals surface area contributed by atoms with Crippen LogP contribution in [0.3, 0.4) is 0 Å². The lowest BCUT2D eigenvalue weighted by molar-refractivity contribution is 0.102. The molecule has 1 aliphatic heterocycles. The van der Waals surface area contributed by atoms with Crippen LogP contribution in [0.2, 0.25) is 0 Å². The Hall–Kier alpha value is -2.44. The second-order valence-corrected chi connectivity index (χ2v) is 8.23. The maximum absolute atomic E-state index is 12.6. The van der Waals surface area contributed by atoms with Crippen molar-refractivity contribution in [2.24, 2.45) is 0 Å². The van der Waals surface area contributed by atoms with E-state index < -0.39 is 0 Å². The molecule has 1 saturated heterocycles. The lowest BCUT2D eigenvalue weighted by Crippen LogP contribution is -2.44. The summed E-state index contributed by atoms with van der Waals surface area (Å²) in [6.07, 6.45) is 0. The lowest BCUT2D eigenvalue weighted by atomic mass is 10.1. The highest BCUT2D eigenvalue weighted by Gasteiger charge is 2.18. The van der Waals surface area contributed by atoms with Gasteiger partial charge in [-0.25, -0.2) is 4.98 Å². The van der Waals surface area contributed by atoms with Crippen LogP contribution in [0.15, 0.2) is 36.4 Å². The summed E-state index contributed by atoms with van der Waals surface area (Å²) in [7, 11) is 2.15. The fourth-order valence-electron chi connectivity index (χ4n) is 3.21. The number of nitrogens with one attached hydrogen (secondary N) is 1. The summed E-state index contributed by atoms with van der Waals surface area (Å²) in [4.78, 5) is 22.0. The van der Waals surface area contributed by atoms with Crippen molar-refractivity contribution < 1.29 is 4.79 Å². The van der Waals surface area contributed by atoms with Crippen molar-refractivity contribution >= 4 is 38.3 Å². The summed E-state index contributed by atoms with van der Waals surface area (Å²) in [6.45, 7) is 8.21. The molecule has 1 N–H and O–H groups in total. The minimum atomic E-state index is -0.0822. The second kappa shape index (κ2) is 7.29. The van der Waals surface area contributed by atoms with Crippen molar-refractivity contribution in [1.29, 1.82) is 0 Å². The number of carbonyl (C=O) groups is 1. The number of rotatable bonds is 3. The molecular weight excluding hydrogens is 356 g/mol. The van der Waals surface area contributed by atoms with Gasteiger partial charge in [-0.1, -0.05) is 17.4 Å². The quantitative estimate of drug-likeness (QED) is 0.748. The Morgan fingerprint density at radius 3 is 2.56 bits per heavy atom. The predicted octanol–water partition coefficient (Wildman–Crippen LogP) is 3.92. The molecular formula is C21H24N4OS. The number of aryl methyl sites for hydroxylation is 2. The number of piperazine rings is 1. The molecule has 0 saturated carbocycles. The largest absolute Gasteiger partial charge is 0.345 e. The zero-order chi connectivity index (χ0) is 19.0. The molecule has 0 radical (unpaired) electrons. The molecule has 1 fully saturated rings. The zero-order valence-corrected chi connectivity index (χ0v) is 16.8. The third-order valence-electron chi connectivity index (χ3n) is 5.18. The van der Waals surface area contributed by atoms with Crippen molar-refractivity contribution in [2.45, 2.75) is 13.8 Å². The van der Waals surface area contributed by atoms with Crippen LogP contribution in [0.25, 0.3) is 10.2 Å². The van der Waals surface area contributed by atoms with Crippen LogP contribution in [0.4, 0.5) is 10.8 Å². The average Bonchev–Trinajstić information content (AvgIpc) is 3.07. The Morgan fingerprint density at radius 1 is 1.04 bits per heavy atom. The summed E-state index contributed by atoms with van der Waals surface area (Å²) in [5, 5.41) is 4.08. The van der Waals surface area contributed by atoms with Crippen LogP contribution in [-0.2, 0) is 0 Å². The Bertz CT molecular complexity index is 989. The maximum atomic E-state index is 12.6. The topological polar surface area (TPSA) is 48.5 Å². The summed E-state index contributed by atoms with van der Waals surface area (Å²) >= 11 is 1.69. The molecule has 0 spiro atoms. The first kappa shape index (κ1) is 17.9. The van der Waals surface area contributed by atoms with Gasteiger partial charge >= 0.3 is 0 Å². The van der Waals surface area contributed by atoms with Crippen LogP contribution in [0, 0.1) is 13.8 Å². The van der Waals surface area contributed by atoms with Gasteiger partial charge in [0.15, 0.2) is 5.13 Å². The molecule has 2 aromatic carbocycles. The van der Waals surface area contributed by atoms with Gasteiger partial charge < -0.3 is 15.1 Å². The number of thiazole rings is 1. The molecule has 5 nitrogen and oxygen atoms in total. The van der Waals surface area contributed by atoms with E-state index in [0.717, 1.165) is 52.8 Å². The highest BCUT2D eigenvalue weighted by Crippen LogP contribution is 2.31. The summed E-state index contributed by atoms with van der Waals surface area (Å²) in [5.74, 6) is -0.0822. The maximum Gasteiger partial charge on any atom is 0.255 e. The van der Waals surface area contributed by atoms with E-state index in [4.69, 9.17) is 4.98 Å². The smallest absolute Gasteiger partial charge is 0.255 e. The van der Waals surface area contributed by atoms with Gasteiger partial charge in [-0.3, -0.25) is 4.79 Å². The van der Waals surface area contributed by atoms with E-state index in [-0.39, 0.29) is 5.91 Å². The molecule has 1 aromatic heterocycles. The number of likely N-dealkylation sites (N-methyl/N-ethyl adjacent to an activating group) is 1. The van der Waals surface area contributed by atoms with Gasteiger partial charge in [-0.2, -0.15) is 0 Å². The Morgan fingerprint density at radius 2 is 1.81 bits per heavy atom. The van der Waals surface area contributed by atoms with Gasteiger partial charge in [-0.05, 0) is 62.4 Å². The third kappa shape index (κ3) is 3.82. The van der Waals surface area contributed by atoms with Crippen molar-refractivity contribution in [2.75, 3.05) is 43.4 Å². The first-order valence-electron chi connectivity index (χ1n) is 9.22. The molecule has 1 amide bonds. The zero-order valence-electron chi connectivity index (χ0n) is 16.0. The number of nitrogens with zero attached hydrogens (tertiary/aromatic N) is 3. The number of benzene rings is 2. The summed E-state index contributed by atoms with van der Waals surface area (Å²) < 4.78 is 1.10. The van der Waals surface area contributed by atoms with Gasteiger partial charge in [0.05, 0.1) is 10.2 Å². The summed E-state index contributed by atoms with van der Waals surface area (Å²) in [5.41, 5.74) is 4.78. The van der Waals surface area contributed by atoms with Gasteiger partial charge in [0, 0.05) is 37.4 Å². The van der Waals surface area contributed by atoms with E-state index >= 15 is 0 Å². The van der Waals surface area contributed by atoms with Gasteiger partial charge in [0.25, 0.3) is 5.91 Å². The van der Waals surface area contributed by atoms with Crippen LogP contribution in [0.1, 0.15) is 21.5 Å². The SMILES string of the molecule is Cc1ccc(C(=O)Nc2ccc3nc(N4CCN(C)CC4)sc3c2)cc1C. The molecule has 0 bridgehead atoms. The molecule has 27 heavy (non-hydrogen) atoms. The number of hydrogen-bond donors (Lipinski definition) is 1. The second-order valence-electron chi connectivity index (χ2n) is 7.22. The van der Waals surface area contributed by atoms with E-state index in [2.05, 4.69) is 22.2 Å². The molecule has 4 rings (SSSR count). The number of carbonyl (C=O) groups excluding carboxylic acids is 1. The highest BCUT2D eigenvalue weighted by atomic mass is 32.1. The number of amides is 1. The monoisotopic (exact) mass is 380 g/mol. The van der Waals surface area contributed by atoms with Crippen molar-refractivity contribution in [3.8, 4) is 0 Å². The molecule has 1 aliphatic rings. The molecule has 3 aromatic rings. The Kier molecular flexibility index (Phi) is 4.85. The standard InChI is InChI=1S/C21H24N4OS/c1-14-4-5-16(12-15(14)2)20(26)22-17-6-7-18-19(13-17)27-21(23-18)25-10-8-24(3)9-11-25/h4-7,12-13H,8-11H2,1-3H3,(H,22,26). The number of fused-ring (bicyclic) bond motifs is 1. The van der Waals surface area contributed by atoms with Crippen molar-refractivity contribution in [3.05, 3.63) is 53.1 Å². The molecule has 140 valence electrons. The first-order valence-corrected chi connectivity index (χ1v) is 10.0. The van der Waals surface area contributed by atoms with Crippen LogP contribution < -0.4 is 10.2 Å². The highest BCUT2D eigenvalue weighted by molar-refractivity contribution is 7.22. The third-order valence-corrected chi connectivity index (χ3v) is 6.26. The van der Waals surface area contributed by atoms with E-state index in [0.29, 0.717) is 5.56 Å². The molecule has 2 heterocycles. The lowest BCUT2D eigenvalue weighted by Gasteiger charge is -2.31. The van der Waals surface area contributed by atoms with E-state index in [1.54, 1.807) is 11.3 Å². The fourth-order valence-corrected chi connectivity index (χ4v) is 4.27. The number of aromatic nitrogens is 1. The molecule has 0 atom stereocenters. The van der Waals surface area contributed by atoms with E-state index in [9.17, 15) is 4.79 Å². The Labute approximate surface area is 163 Å². The van der Waals surface area contributed by atoms with Crippen LogP contribution in [-0.4, -0.2) is 49.0 Å².